The van der Waals surface area contributed by atoms with Crippen molar-refractivity contribution in [3.8, 4) is 11.5 Å². The number of nitrogens with one attached hydrogen (secondary N) is 1. The van der Waals surface area contributed by atoms with Gasteiger partial charge in [0, 0.05) is 12.6 Å². The van der Waals surface area contributed by atoms with Gasteiger partial charge in [0.05, 0.1) is 24.8 Å². The van der Waals surface area contributed by atoms with Gasteiger partial charge >= 0.3 is 0 Å². The Labute approximate surface area is 187 Å². The fourth-order valence-electron chi connectivity index (χ4n) is 3.82. The molecule has 1 heterocycles. The zero-order chi connectivity index (χ0) is 22.7. The Morgan fingerprint density at radius 2 is 1.62 bits per heavy atom. The minimum atomic E-state index is -3.90. The maximum Gasteiger partial charge on any atom is 0.244 e. The molecule has 8 heteroatoms. The summed E-state index contributed by atoms with van der Waals surface area (Å²) in [6, 6.07) is 19.9. The third-order valence-electron chi connectivity index (χ3n) is 5.52. The van der Waals surface area contributed by atoms with Crippen LogP contribution in [0.15, 0.2) is 77.7 Å². The molecule has 3 aromatic carbocycles. The molecule has 0 aromatic heterocycles. The van der Waals surface area contributed by atoms with Crippen molar-refractivity contribution in [2.75, 3.05) is 19.5 Å². The lowest BCUT2D eigenvalue weighted by atomic mass is 9.95. The summed E-state index contributed by atoms with van der Waals surface area (Å²) in [6.07, 6.45) is 0.270. The quantitative estimate of drug-likeness (QED) is 0.619. The standard InChI is InChI=1S/C24H24N2O5S/c1-30-19-12-13-21(23(15-19)31-2)25-24(27)22-14-17-8-6-7-9-18(17)16-26(22)32(28,29)20-10-4-3-5-11-20/h3-13,15,22H,14,16H2,1-2H3,(H,25,27)/t22-/m1/s1. The molecule has 0 saturated heterocycles. The molecule has 1 N–H and O–H groups in total. The van der Waals surface area contributed by atoms with Crippen LogP contribution in [0.5, 0.6) is 11.5 Å². The van der Waals surface area contributed by atoms with Gasteiger partial charge in [0.2, 0.25) is 15.9 Å². The van der Waals surface area contributed by atoms with Gasteiger partial charge < -0.3 is 14.8 Å². The van der Waals surface area contributed by atoms with E-state index < -0.39 is 22.0 Å². The summed E-state index contributed by atoms with van der Waals surface area (Å²) in [4.78, 5) is 13.5. The first kappa shape index (κ1) is 21.9. The van der Waals surface area contributed by atoms with Gasteiger partial charge in [-0.15, -0.1) is 0 Å². The van der Waals surface area contributed by atoms with E-state index in [1.54, 1.807) is 43.5 Å². The molecule has 0 saturated carbocycles. The summed E-state index contributed by atoms with van der Waals surface area (Å²) in [5, 5.41) is 2.84. The van der Waals surface area contributed by atoms with Crippen LogP contribution in [0.2, 0.25) is 0 Å². The zero-order valence-corrected chi connectivity index (χ0v) is 18.6. The molecule has 1 aliphatic heterocycles. The molecule has 7 nitrogen and oxygen atoms in total. The molecule has 0 unspecified atom stereocenters. The topological polar surface area (TPSA) is 84.9 Å². The number of anilines is 1. The van der Waals surface area contributed by atoms with Crippen LogP contribution in [0, 0.1) is 0 Å². The lowest BCUT2D eigenvalue weighted by Gasteiger charge is -2.35. The number of nitrogens with zero attached hydrogens (tertiary/aromatic N) is 1. The number of amides is 1. The Morgan fingerprint density at radius 1 is 0.938 bits per heavy atom. The highest BCUT2D eigenvalue weighted by Crippen LogP contribution is 2.32. The van der Waals surface area contributed by atoms with Gasteiger partial charge in [-0.05, 0) is 41.8 Å². The Bertz CT molecular complexity index is 1230. The van der Waals surface area contributed by atoms with Crippen molar-refractivity contribution < 1.29 is 22.7 Å². The lowest BCUT2D eigenvalue weighted by molar-refractivity contribution is -0.120. The van der Waals surface area contributed by atoms with Crippen molar-refractivity contribution in [3.63, 3.8) is 0 Å². The average Bonchev–Trinajstić information content (AvgIpc) is 2.83. The smallest absolute Gasteiger partial charge is 0.244 e. The fourth-order valence-corrected chi connectivity index (χ4v) is 5.41. The van der Waals surface area contributed by atoms with E-state index in [0.717, 1.165) is 11.1 Å². The molecule has 1 aliphatic rings. The van der Waals surface area contributed by atoms with Gasteiger partial charge in [0.1, 0.15) is 17.5 Å². The maximum absolute atomic E-state index is 13.5. The third-order valence-corrected chi connectivity index (χ3v) is 7.39. The van der Waals surface area contributed by atoms with Gasteiger partial charge in [0.25, 0.3) is 0 Å². The second-order valence-electron chi connectivity index (χ2n) is 7.41. The van der Waals surface area contributed by atoms with Gasteiger partial charge in [-0.3, -0.25) is 4.79 Å². The van der Waals surface area contributed by atoms with Gasteiger partial charge in [-0.2, -0.15) is 4.31 Å². The van der Waals surface area contributed by atoms with Crippen LogP contribution in [-0.4, -0.2) is 38.9 Å². The number of rotatable bonds is 6. The average molecular weight is 453 g/mol. The van der Waals surface area contributed by atoms with E-state index in [9.17, 15) is 13.2 Å². The molecular weight excluding hydrogens is 428 g/mol. The number of hydrogen-bond acceptors (Lipinski definition) is 5. The van der Waals surface area contributed by atoms with E-state index in [1.165, 1.54) is 23.5 Å². The Balaban J connectivity index is 1.70. The molecule has 4 rings (SSSR count). The molecule has 0 radical (unpaired) electrons. The van der Waals surface area contributed by atoms with Crippen molar-refractivity contribution in [1.82, 2.24) is 4.31 Å². The molecule has 3 aromatic rings. The van der Waals surface area contributed by atoms with Crippen LogP contribution in [-0.2, 0) is 27.8 Å². The number of sulfonamides is 1. The maximum atomic E-state index is 13.5. The van der Waals surface area contributed by atoms with Crippen LogP contribution in [0.25, 0.3) is 0 Å². The highest BCUT2D eigenvalue weighted by Gasteiger charge is 2.39. The summed E-state index contributed by atoms with van der Waals surface area (Å²) < 4.78 is 38.8. The summed E-state index contributed by atoms with van der Waals surface area (Å²) in [6.45, 7) is 0.116. The number of fused-ring (bicyclic) bond motifs is 1. The van der Waals surface area contributed by atoms with Crippen molar-refractivity contribution in [2.24, 2.45) is 0 Å². The predicted octanol–water partition coefficient (Wildman–Crippen LogP) is 3.46. The molecule has 32 heavy (non-hydrogen) atoms. The molecule has 166 valence electrons. The number of ether oxygens (including phenoxy) is 2. The molecule has 0 fully saturated rings. The molecule has 1 atom stereocenters. The van der Waals surface area contributed by atoms with Crippen LogP contribution in [0.1, 0.15) is 11.1 Å². The summed E-state index contributed by atoms with van der Waals surface area (Å²) >= 11 is 0. The second kappa shape index (κ2) is 9.02. The van der Waals surface area contributed by atoms with E-state index in [2.05, 4.69) is 5.32 Å². The highest BCUT2D eigenvalue weighted by molar-refractivity contribution is 7.89. The molecule has 0 aliphatic carbocycles. The van der Waals surface area contributed by atoms with Crippen molar-refractivity contribution in [2.45, 2.75) is 23.9 Å². The first-order valence-electron chi connectivity index (χ1n) is 10.1. The third kappa shape index (κ3) is 4.19. The Morgan fingerprint density at radius 3 is 2.31 bits per heavy atom. The minimum Gasteiger partial charge on any atom is -0.497 e. The van der Waals surface area contributed by atoms with E-state index in [1.807, 2.05) is 24.3 Å². The summed E-state index contributed by atoms with van der Waals surface area (Å²) in [5.74, 6) is 0.577. The largest absolute Gasteiger partial charge is 0.497 e. The van der Waals surface area contributed by atoms with Gasteiger partial charge in [-0.25, -0.2) is 8.42 Å². The van der Waals surface area contributed by atoms with Crippen molar-refractivity contribution >= 4 is 21.6 Å². The SMILES string of the molecule is COc1ccc(NC(=O)[C@H]2Cc3ccccc3CN2S(=O)(=O)c2ccccc2)c(OC)c1. The van der Waals surface area contributed by atoms with E-state index in [4.69, 9.17) is 9.47 Å². The number of carbonyl (C=O) groups is 1. The van der Waals surface area contributed by atoms with Crippen LogP contribution < -0.4 is 14.8 Å². The molecular formula is C24H24N2O5S. The molecule has 1 amide bonds. The van der Waals surface area contributed by atoms with E-state index in [0.29, 0.717) is 17.2 Å². The number of benzene rings is 3. The van der Waals surface area contributed by atoms with Crippen molar-refractivity contribution in [3.05, 3.63) is 83.9 Å². The van der Waals surface area contributed by atoms with Crippen LogP contribution in [0.3, 0.4) is 0 Å². The Hall–Kier alpha value is -3.36. The number of carbonyl (C=O) groups excluding carboxylic acids is 1. The molecule has 0 spiro atoms. The monoisotopic (exact) mass is 452 g/mol. The minimum absolute atomic E-state index is 0.116. The molecule has 0 bridgehead atoms. The number of methoxy groups -OCH3 is 2. The summed E-state index contributed by atoms with van der Waals surface area (Å²) in [7, 11) is -0.862. The lowest BCUT2D eigenvalue weighted by Crippen LogP contribution is -2.50. The zero-order valence-electron chi connectivity index (χ0n) is 17.8. The van der Waals surface area contributed by atoms with E-state index >= 15 is 0 Å². The normalized spacial score (nSPS) is 16.1. The Kier molecular flexibility index (Phi) is 6.16. The summed E-state index contributed by atoms with van der Waals surface area (Å²) in [5.41, 5.74) is 2.28. The van der Waals surface area contributed by atoms with E-state index in [-0.39, 0.29) is 17.9 Å². The van der Waals surface area contributed by atoms with Gasteiger partial charge in [-0.1, -0.05) is 42.5 Å². The first-order chi connectivity index (χ1) is 15.4. The van der Waals surface area contributed by atoms with Crippen LogP contribution >= 0.6 is 0 Å². The second-order valence-corrected chi connectivity index (χ2v) is 9.30. The van der Waals surface area contributed by atoms with Gasteiger partial charge in [0.15, 0.2) is 0 Å². The predicted molar refractivity (Wildman–Crippen MR) is 121 cm³/mol. The fraction of sp³-hybridized carbons (Fsp3) is 0.208. The number of hydrogen-bond donors (Lipinski definition) is 1. The highest BCUT2D eigenvalue weighted by atomic mass is 32.2. The van der Waals surface area contributed by atoms with Crippen LogP contribution in [0.4, 0.5) is 5.69 Å². The first-order valence-corrected chi connectivity index (χ1v) is 11.5. The van der Waals surface area contributed by atoms with Crippen molar-refractivity contribution in [1.29, 1.82) is 0 Å².